The van der Waals surface area contributed by atoms with Crippen LogP contribution < -0.4 is 15.0 Å². The van der Waals surface area contributed by atoms with Crippen molar-refractivity contribution in [2.75, 3.05) is 4.90 Å². The van der Waals surface area contributed by atoms with Crippen LogP contribution >= 0.6 is 12.2 Å². The van der Waals surface area contributed by atoms with Crippen molar-refractivity contribution in [2.45, 2.75) is 6.92 Å². The summed E-state index contributed by atoms with van der Waals surface area (Å²) in [5.74, 6) is -0.576. The molecule has 1 N–H and O–H groups in total. The van der Waals surface area contributed by atoms with E-state index in [4.69, 9.17) is 17.0 Å². The third kappa shape index (κ3) is 4.36. The maximum absolute atomic E-state index is 14.2. The van der Waals surface area contributed by atoms with Crippen LogP contribution in [0.15, 0.2) is 78.4 Å². The van der Waals surface area contributed by atoms with Crippen molar-refractivity contribution in [3.05, 3.63) is 95.3 Å². The fourth-order valence-electron chi connectivity index (χ4n) is 3.11. The highest BCUT2D eigenvalue weighted by Gasteiger charge is 2.34. The van der Waals surface area contributed by atoms with Crippen molar-refractivity contribution in [1.29, 1.82) is 0 Å². The number of aryl methyl sites for hydroxylation is 1. The lowest BCUT2D eigenvalue weighted by Gasteiger charge is -2.29. The number of thiocarbonyl (C=S) groups is 1. The molecule has 1 heterocycles. The van der Waals surface area contributed by atoms with E-state index in [1.807, 2.05) is 30.3 Å². The van der Waals surface area contributed by atoms with Crippen LogP contribution in [0.1, 0.15) is 11.1 Å². The van der Waals surface area contributed by atoms with Crippen LogP contribution in [-0.2, 0) is 9.59 Å². The van der Waals surface area contributed by atoms with E-state index in [-0.39, 0.29) is 16.2 Å². The third-order valence-corrected chi connectivity index (χ3v) is 4.91. The summed E-state index contributed by atoms with van der Waals surface area (Å²) in [4.78, 5) is 26.7. The second-order valence-corrected chi connectivity index (χ2v) is 7.28. The minimum absolute atomic E-state index is 0.0476. The van der Waals surface area contributed by atoms with Crippen molar-refractivity contribution in [3.63, 3.8) is 0 Å². The Kier molecular flexibility index (Phi) is 5.60. The third-order valence-electron chi connectivity index (χ3n) is 4.63. The lowest BCUT2D eigenvalue weighted by Crippen LogP contribution is -2.54. The second-order valence-electron chi connectivity index (χ2n) is 6.89. The van der Waals surface area contributed by atoms with Crippen LogP contribution in [0.25, 0.3) is 6.08 Å². The van der Waals surface area contributed by atoms with Crippen molar-refractivity contribution >= 4 is 40.9 Å². The molecular formula is C24H17FN2O3S. The zero-order valence-corrected chi connectivity index (χ0v) is 17.3. The van der Waals surface area contributed by atoms with Gasteiger partial charge in [0.15, 0.2) is 5.11 Å². The molecule has 3 aromatic carbocycles. The average Bonchev–Trinajstić information content (AvgIpc) is 2.75. The molecule has 7 heteroatoms. The number of carbonyl (C=O) groups is 2. The van der Waals surface area contributed by atoms with E-state index in [0.717, 1.165) is 5.56 Å². The summed E-state index contributed by atoms with van der Waals surface area (Å²) in [5.41, 5.74) is 1.20. The number of halogens is 1. The van der Waals surface area contributed by atoms with E-state index in [0.29, 0.717) is 17.2 Å². The Morgan fingerprint density at radius 2 is 1.65 bits per heavy atom. The van der Waals surface area contributed by atoms with Crippen LogP contribution in [0.3, 0.4) is 0 Å². The maximum atomic E-state index is 14.2. The van der Waals surface area contributed by atoms with E-state index in [9.17, 15) is 14.0 Å². The van der Waals surface area contributed by atoms with Gasteiger partial charge in [-0.2, -0.15) is 0 Å². The lowest BCUT2D eigenvalue weighted by molar-refractivity contribution is -0.122. The van der Waals surface area contributed by atoms with Crippen molar-refractivity contribution < 1.29 is 18.7 Å². The van der Waals surface area contributed by atoms with Gasteiger partial charge in [-0.15, -0.1) is 0 Å². The molecule has 1 saturated heterocycles. The van der Waals surface area contributed by atoms with E-state index >= 15 is 0 Å². The predicted octanol–water partition coefficient (Wildman–Crippen LogP) is 4.76. The standard InChI is InChI=1S/C24H17FN2O3S/c1-15-7-12-21(25)16(13-15)14-20-22(28)26-24(31)27(23(20)29)17-8-10-19(11-9-17)30-18-5-3-2-4-6-18/h2-14H,1H3,(H,26,28,31). The summed E-state index contributed by atoms with van der Waals surface area (Å²) in [7, 11) is 0. The SMILES string of the molecule is Cc1ccc(F)c(C=C2C(=O)NC(=S)N(c3ccc(Oc4ccccc4)cc3)C2=O)c1. The number of ether oxygens (including phenoxy) is 1. The Morgan fingerprint density at radius 3 is 2.35 bits per heavy atom. The molecule has 1 aliphatic rings. The highest BCUT2D eigenvalue weighted by atomic mass is 32.1. The molecule has 4 rings (SSSR count). The average molecular weight is 432 g/mol. The number of hydrogen-bond donors (Lipinski definition) is 1. The summed E-state index contributed by atoms with van der Waals surface area (Å²) >= 11 is 5.21. The fraction of sp³-hybridized carbons (Fsp3) is 0.0417. The Balaban J connectivity index is 1.62. The van der Waals surface area contributed by atoms with Crippen LogP contribution in [0.5, 0.6) is 11.5 Å². The van der Waals surface area contributed by atoms with Crippen LogP contribution in [0.4, 0.5) is 10.1 Å². The minimum Gasteiger partial charge on any atom is -0.457 e. The number of benzene rings is 3. The fourth-order valence-corrected chi connectivity index (χ4v) is 3.39. The van der Waals surface area contributed by atoms with Crippen LogP contribution in [0, 0.1) is 12.7 Å². The Hall–Kier alpha value is -3.84. The van der Waals surface area contributed by atoms with Crippen LogP contribution in [0.2, 0.25) is 0 Å². The van der Waals surface area contributed by atoms with E-state index in [1.165, 1.54) is 17.0 Å². The Labute approximate surface area is 183 Å². The molecule has 1 fully saturated rings. The topological polar surface area (TPSA) is 58.6 Å². The molecule has 31 heavy (non-hydrogen) atoms. The number of nitrogens with zero attached hydrogens (tertiary/aromatic N) is 1. The number of nitrogens with one attached hydrogen (secondary N) is 1. The van der Waals surface area contributed by atoms with Gasteiger partial charge in [-0.1, -0.05) is 29.8 Å². The molecule has 1 aliphatic heterocycles. The van der Waals surface area contributed by atoms with Gasteiger partial charge in [0.05, 0.1) is 5.69 Å². The van der Waals surface area contributed by atoms with Gasteiger partial charge in [0.2, 0.25) is 0 Å². The van der Waals surface area contributed by atoms with Gasteiger partial charge in [0, 0.05) is 5.56 Å². The Bertz CT molecular complexity index is 1210. The highest BCUT2D eigenvalue weighted by molar-refractivity contribution is 7.80. The maximum Gasteiger partial charge on any atom is 0.270 e. The molecule has 0 unspecified atom stereocenters. The number of para-hydroxylation sites is 1. The second kappa shape index (κ2) is 8.49. The van der Waals surface area contributed by atoms with E-state index < -0.39 is 17.6 Å². The monoisotopic (exact) mass is 432 g/mol. The quantitative estimate of drug-likeness (QED) is 0.367. The van der Waals surface area contributed by atoms with Gasteiger partial charge < -0.3 is 4.74 Å². The first-order chi connectivity index (χ1) is 14.9. The lowest BCUT2D eigenvalue weighted by atomic mass is 10.0. The molecule has 0 bridgehead atoms. The van der Waals surface area contributed by atoms with Gasteiger partial charge in [0.1, 0.15) is 22.9 Å². The van der Waals surface area contributed by atoms with E-state index in [1.54, 1.807) is 43.3 Å². The van der Waals surface area contributed by atoms with Gasteiger partial charge >= 0.3 is 0 Å². The first-order valence-corrected chi connectivity index (χ1v) is 9.84. The molecule has 5 nitrogen and oxygen atoms in total. The van der Waals surface area contributed by atoms with Gasteiger partial charge in [-0.05, 0) is 73.7 Å². The van der Waals surface area contributed by atoms with E-state index in [2.05, 4.69) is 5.32 Å². The molecule has 0 spiro atoms. The van der Waals surface area contributed by atoms with Gasteiger partial charge in [-0.3, -0.25) is 19.8 Å². The molecule has 0 saturated carbocycles. The first kappa shape index (κ1) is 20.4. The molecule has 154 valence electrons. The molecule has 2 amide bonds. The summed E-state index contributed by atoms with van der Waals surface area (Å²) < 4.78 is 19.9. The first-order valence-electron chi connectivity index (χ1n) is 9.43. The Morgan fingerprint density at radius 1 is 0.968 bits per heavy atom. The largest absolute Gasteiger partial charge is 0.457 e. The number of amides is 2. The zero-order valence-electron chi connectivity index (χ0n) is 16.5. The molecule has 0 atom stereocenters. The molecule has 3 aromatic rings. The summed E-state index contributed by atoms with van der Waals surface area (Å²) in [6.45, 7) is 1.80. The number of carbonyl (C=O) groups excluding carboxylic acids is 2. The number of hydrogen-bond acceptors (Lipinski definition) is 4. The summed E-state index contributed by atoms with van der Waals surface area (Å²) in [6.07, 6.45) is 1.24. The molecule has 0 aromatic heterocycles. The highest BCUT2D eigenvalue weighted by Crippen LogP contribution is 2.27. The molecule has 0 radical (unpaired) electrons. The molecule has 0 aliphatic carbocycles. The summed E-state index contributed by atoms with van der Waals surface area (Å²) in [5, 5.41) is 2.45. The summed E-state index contributed by atoms with van der Waals surface area (Å²) in [6, 6.07) is 20.4. The normalized spacial score (nSPS) is 15.2. The van der Waals surface area contributed by atoms with Crippen molar-refractivity contribution in [3.8, 4) is 11.5 Å². The van der Waals surface area contributed by atoms with Crippen molar-refractivity contribution in [1.82, 2.24) is 5.32 Å². The minimum atomic E-state index is -0.670. The van der Waals surface area contributed by atoms with Gasteiger partial charge in [0.25, 0.3) is 11.8 Å². The number of rotatable bonds is 4. The van der Waals surface area contributed by atoms with Crippen molar-refractivity contribution in [2.24, 2.45) is 0 Å². The number of anilines is 1. The van der Waals surface area contributed by atoms with Gasteiger partial charge in [-0.25, -0.2) is 4.39 Å². The van der Waals surface area contributed by atoms with Crippen LogP contribution in [-0.4, -0.2) is 16.9 Å². The zero-order chi connectivity index (χ0) is 22.0. The predicted molar refractivity (Wildman–Crippen MR) is 120 cm³/mol. The molecular weight excluding hydrogens is 415 g/mol. The smallest absolute Gasteiger partial charge is 0.270 e.